The number of fused-ring (bicyclic) bond motifs is 3. The number of aromatic nitrogens is 1. The zero-order valence-electron chi connectivity index (χ0n) is 14.8. The molecule has 0 amide bonds. The highest BCUT2D eigenvalue weighted by Crippen LogP contribution is 2.29. The summed E-state index contributed by atoms with van der Waals surface area (Å²) >= 11 is 0. The standard InChI is InChI=1S/C18H13N.C7H8/c1-2-6-13(7-3-1)14-10-11-18-16(12-14)15-8-4-5-9-17(15)19-18;1-7-5-3-2-4-6-7/h1-12,19H;2-6H,1H3. The normalized spacial score (nSPS) is 10.5. The van der Waals surface area contributed by atoms with E-state index in [-0.39, 0.29) is 0 Å². The van der Waals surface area contributed by atoms with Gasteiger partial charge in [0.25, 0.3) is 0 Å². The van der Waals surface area contributed by atoms with Gasteiger partial charge >= 0.3 is 0 Å². The second-order valence-corrected chi connectivity index (χ2v) is 6.45. The molecule has 0 unspecified atom stereocenters. The quantitative estimate of drug-likeness (QED) is 0.340. The average molecular weight is 335 g/mol. The van der Waals surface area contributed by atoms with Crippen LogP contribution in [0.25, 0.3) is 32.9 Å². The summed E-state index contributed by atoms with van der Waals surface area (Å²) in [5.74, 6) is 0. The fourth-order valence-corrected chi connectivity index (χ4v) is 3.19. The van der Waals surface area contributed by atoms with Gasteiger partial charge in [0.05, 0.1) is 0 Å². The molecule has 0 saturated carbocycles. The van der Waals surface area contributed by atoms with Gasteiger partial charge in [0.2, 0.25) is 0 Å². The summed E-state index contributed by atoms with van der Waals surface area (Å²) in [6, 6.07) is 35.8. The SMILES string of the molecule is Cc1ccccc1.c1ccc(-c2ccc3[nH]c4ccccc4c3c2)cc1. The van der Waals surface area contributed by atoms with Crippen LogP contribution in [-0.4, -0.2) is 4.98 Å². The van der Waals surface area contributed by atoms with Crippen molar-refractivity contribution in [2.24, 2.45) is 0 Å². The van der Waals surface area contributed by atoms with Gasteiger partial charge in [0, 0.05) is 21.8 Å². The van der Waals surface area contributed by atoms with Crippen LogP contribution in [0.5, 0.6) is 0 Å². The van der Waals surface area contributed by atoms with Gasteiger partial charge in [-0.3, -0.25) is 0 Å². The molecular formula is C25H21N. The molecular weight excluding hydrogens is 314 g/mol. The van der Waals surface area contributed by atoms with E-state index in [4.69, 9.17) is 0 Å². The Morgan fingerprint density at radius 3 is 1.81 bits per heavy atom. The summed E-state index contributed by atoms with van der Waals surface area (Å²) in [6.07, 6.45) is 0. The zero-order valence-corrected chi connectivity index (χ0v) is 14.8. The molecule has 0 fully saturated rings. The molecule has 1 heterocycles. The molecule has 126 valence electrons. The minimum atomic E-state index is 1.20. The van der Waals surface area contributed by atoms with Crippen molar-refractivity contribution >= 4 is 21.8 Å². The predicted octanol–water partition coefficient (Wildman–Crippen LogP) is 6.98. The summed E-state index contributed by atoms with van der Waals surface area (Å²) in [5.41, 5.74) is 6.23. The van der Waals surface area contributed by atoms with Gasteiger partial charge in [-0.1, -0.05) is 90.5 Å². The lowest BCUT2D eigenvalue weighted by Gasteiger charge is -2.01. The molecule has 0 spiro atoms. The summed E-state index contributed by atoms with van der Waals surface area (Å²) in [6.45, 7) is 2.08. The first-order valence-electron chi connectivity index (χ1n) is 8.89. The van der Waals surface area contributed by atoms with Crippen molar-refractivity contribution in [1.82, 2.24) is 4.98 Å². The number of aryl methyl sites for hydroxylation is 1. The summed E-state index contributed by atoms with van der Waals surface area (Å²) in [4.78, 5) is 3.46. The smallest absolute Gasteiger partial charge is 0.0465 e. The van der Waals surface area contributed by atoms with Crippen LogP contribution < -0.4 is 0 Å². The Bertz CT molecular complexity index is 1120. The van der Waals surface area contributed by atoms with E-state index >= 15 is 0 Å². The molecule has 0 aliphatic rings. The van der Waals surface area contributed by atoms with E-state index in [1.54, 1.807) is 0 Å². The van der Waals surface area contributed by atoms with Crippen molar-refractivity contribution in [3.05, 3.63) is 109 Å². The van der Waals surface area contributed by atoms with Gasteiger partial charge in [-0.2, -0.15) is 0 Å². The first kappa shape index (κ1) is 16.2. The highest BCUT2D eigenvalue weighted by Gasteiger charge is 2.05. The Morgan fingerprint density at radius 1 is 0.500 bits per heavy atom. The molecule has 0 bridgehead atoms. The van der Waals surface area contributed by atoms with Gasteiger partial charge in [-0.25, -0.2) is 0 Å². The van der Waals surface area contributed by atoms with Crippen LogP contribution in [0.4, 0.5) is 0 Å². The van der Waals surface area contributed by atoms with Crippen molar-refractivity contribution in [3.63, 3.8) is 0 Å². The Kier molecular flexibility index (Phi) is 4.53. The number of H-pyrrole nitrogens is 1. The second kappa shape index (κ2) is 7.28. The molecule has 1 nitrogen and oxygen atoms in total. The van der Waals surface area contributed by atoms with Gasteiger partial charge in [0.1, 0.15) is 0 Å². The van der Waals surface area contributed by atoms with Crippen LogP contribution in [0.1, 0.15) is 5.56 Å². The zero-order chi connectivity index (χ0) is 17.8. The maximum absolute atomic E-state index is 3.46. The molecule has 5 aromatic rings. The van der Waals surface area contributed by atoms with Crippen LogP contribution in [0.15, 0.2) is 103 Å². The lowest BCUT2D eigenvalue weighted by Crippen LogP contribution is -1.76. The Balaban J connectivity index is 0.000000204. The molecule has 4 aromatic carbocycles. The van der Waals surface area contributed by atoms with E-state index < -0.39 is 0 Å². The predicted molar refractivity (Wildman–Crippen MR) is 112 cm³/mol. The number of benzene rings is 4. The number of nitrogens with one attached hydrogen (secondary N) is 1. The Morgan fingerprint density at radius 2 is 1.12 bits per heavy atom. The highest BCUT2D eigenvalue weighted by atomic mass is 14.7. The topological polar surface area (TPSA) is 15.8 Å². The van der Waals surface area contributed by atoms with Crippen LogP contribution in [0.3, 0.4) is 0 Å². The van der Waals surface area contributed by atoms with Crippen LogP contribution in [-0.2, 0) is 0 Å². The number of para-hydroxylation sites is 1. The van der Waals surface area contributed by atoms with Gasteiger partial charge in [-0.05, 0) is 36.2 Å². The molecule has 0 aliphatic carbocycles. The summed E-state index contributed by atoms with van der Waals surface area (Å²) < 4.78 is 0. The molecule has 1 heteroatoms. The van der Waals surface area contributed by atoms with Gasteiger partial charge in [-0.15, -0.1) is 0 Å². The van der Waals surface area contributed by atoms with Crippen molar-refractivity contribution in [2.75, 3.05) is 0 Å². The lowest BCUT2D eigenvalue weighted by atomic mass is 10.0. The number of aromatic amines is 1. The molecule has 0 aliphatic heterocycles. The molecule has 0 atom stereocenters. The van der Waals surface area contributed by atoms with E-state index in [0.717, 1.165) is 0 Å². The summed E-state index contributed by atoms with van der Waals surface area (Å²) in [7, 11) is 0. The molecule has 1 N–H and O–H groups in total. The largest absolute Gasteiger partial charge is 0.355 e. The van der Waals surface area contributed by atoms with Gasteiger partial charge < -0.3 is 4.98 Å². The number of hydrogen-bond donors (Lipinski definition) is 1. The minimum absolute atomic E-state index is 1.20. The third-order valence-electron chi connectivity index (χ3n) is 4.55. The first-order valence-corrected chi connectivity index (χ1v) is 8.89. The molecule has 26 heavy (non-hydrogen) atoms. The molecule has 5 rings (SSSR count). The maximum Gasteiger partial charge on any atom is 0.0465 e. The second-order valence-electron chi connectivity index (χ2n) is 6.45. The highest BCUT2D eigenvalue weighted by molar-refractivity contribution is 6.08. The number of rotatable bonds is 1. The van der Waals surface area contributed by atoms with E-state index in [1.165, 1.54) is 38.5 Å². The van der Waals surface area contributed by atoms with Crippen LogP contribution in [0.2, 0.25) is 0 Å². The van der Waals surface area contributed by atoms with Crippen LogP contribution >= 0.6 is 0 Å². The maximum atomic E-state index is 3.46. The Labute approximate surface area is 153 Å². The minimum Gasteiger partial charge on any atom is -0.355 e. The van der Waals surface area contributed by atoms with Crippen LogP contribution in [0, 0.1) is 6.92 Å². The van der Waals surface area contributed by atoms with Gasteiger partial charge in [0.15, 0.2) is 0 Å². The molecule has 0 radical (unpaired) electrons. The Hall–Kier alpha value is -3.32. The van der Waals surface area contributed by atoms with Crippen molar-refractivity contribution in [3.8, 4) is 11.1 Å². The van der Waals surface area contributed by atoms with E-state index in [1.807, 2.05) is 24.3 Å². The monoisotopic (exact) mass is 335 g/mol. The fraction of sp³-hybridized carbons (Fsp3) is 0.0400. The average Bonchev–Trinajstić information content (AvgIpc) is 3.08. The third kappa shape index (κ3) is 3.38. The lowest BCUT2D eigenvalue weighted by molar-refractivity contribution is 1.48. The first-order chi connectivity index (χ1) is 12.8. The van der Waals surface area contributed by atoms with E-state index in [9.17, 15) is 0 Å². The summed E-state index contributed by atoms with van der Waals surface area (Å²) in [5, 5.41) is 2.58. The van der Waals surface area contributed by atoms with Crippen molar-refractivity contribution in [1.29, 1.82) is 0 Å². The molecule has 0 saturated heterocycles. The van der Waals surface area contributed by atoms with Crippen molar-refractivity contribution < 1.29 is 0 Å². The van der Waals surface area contributed by atoms with E-state index in [0.29, 0.717) is 0 Å². The van der Waals surface area contributed by atoms with E-state index in [2.05, 4.69) is 90.8 Å². The fourth-order valence-electron chi connectivity index (χ4n) is 3.19. The van der Waals surface area contributed by atoms with Crippen molar-refractivity contribution in [2.45, 2.75) is 6.92 Å². The number of hydrogen-bond acceptors (Lipinski definition) is 0. The molecule has 1 aromatic heterocycles. The third-order valence-corrected chi connectivity index (χ3v) is 4.55.